The number of nitrogens with zero attached hydrogens (tertiary/aromatic N) is 2. The molecule has 1 aromatic heterocycles. The van der Waals surface area contributed by atoms with Gasteiger partial charge in [0, 0.05) is 43.4 Å². The molecule has 2 aliphatic carbocycles. The van der Waals surface area contributed by atoms with Gasteiger partial charge in [0.25, 0.3) is 0 Å². The second-order valence-corrected chi connectivity index (χ2v) is 9.73. The van der Waals surface area contributed by atoms with Crippen molar-refractivity contribution in [2.45, 2.75) is 42.0 Å². The maximum Gasteiger partial charge on any atom is 0.246 e. The molecule has 7 nitrogen and oxygen atoms in total. The predicted molar refractivity (Wildman–Crippen MR) is 126 cm³/mol. The smallest absolute Gasteiger partial charge is 0.246 e. The van der Waals surface area contributed by atoms with Gasteiger partial charge < -0.3 is 24.3 Å². The van der Waals surface area contributed by atoms with E-state index in [1.165, 1.54) is 6.08 Å². The Morgan fingerprint density at radius 3 is 3.00 bits per heavy atom. The summed E-state index contributed by atoms with van der Waals surface area (Å²) in [6.45, 7) is 5.36. The van der Waals surface area contributed by atoms with Gasteiger partial charge in [-0.05, 0) is 36.6 Å². The molecule has 34 heavy (non-hydrogen) atoms. The third-order valence-corrected chi connectivity index (χ3v) is 8.25. The zero-order chi connectivity index (χ0) is 23.7. The van der Waals surface area contributed by atoms with Crippen molar-refractivity contribution in [3.8, 4) is 11.5 Å². The van der Waals surface area contributed by atoms with Crippen LogP contribution in [0.4, 0.5) is 0 Å². The molecule has 1 aromatic carbocycles. The molecule has 4 aliphatic rings. The molecule has 2 N–H and O–H groups in total. The molecule has 7 heteroatoms. The van der Waals surface area contributed by atoms with Crippen LogP contribution >= 0.6 is 0 Å². The minimum Gasteiger partial charge on any atom is -0.504 e. The molecule has 0 saturated carbocycles. The minimum atomic E-state index is -1.18. The first kappa shape index (κ1) is 21.3. The lowest BCUT2D eigenvalue weighted by molar-refractivity contribution is -0.152. The Labute approximate surface area is 198 Å². The number of aliphatic hydroxyl groups is 1. The Morgan fingerprint density at radius 1 is 1.38 bits per heavy atom. The van der Waals surface area contributed by atoms with E-state index in [1.807, 2.05) is 24.3 Å². The van der Waals surface area contributed by atoms with Crippen LogP contribution in [0.15, 0.2) is 66.0 Å². The average molecular weight is 461 g/mol. The normalized spacial score (nSPS) is 32.9. The molecule has 2 bridgehead atoms. The van der Waals surface area contributed by atoms with Gasteiger partial charge in [0.1, 0.15) is 11.7 Å². The maximum atomic E-state index is 13.1. The first-order valence-corrected chi connectivity index (χ1v) is 11.7. The van der Waals surface area contributed by atoms with Gasteiger partial charge in [-0.3, -0.25) is 9.69 Å². The molecule has 2 unspecified atom stereocenters. The van der Waals surface area contributed by atoms with Crippen LogP contribution in [0.5, 0.6) is 11.5 Å². The molecule has 2 aliphatic heterocycles. The number of hydrogen-bond acceptors (Lipinski definition) is 6. The number of hydrogen-bond donors (Lipinski definition) is 2. The molecule has 1 saturated heterocycles. The third-order valence-electron chi connectivity index (χ3n) is 8.25. The fourth-order valence-corrected chi connectivity index (χ4v) is 6.69. The van der Waals surface area contributed by atoms with Gasteiger partial charge in [-0.25, -0.2) is 0 Å². The van der Waals surface area contributed by atoms with Gasteiger partial charge in [0.05, 0.1) is 24.0 Å². The summed E-state index contributed by atoms with van der Waals surface area (Å²) < 4.78 is 11.5. The van der Waals surface area contributed by atoms with Gasteiger partial charge in [0.2, 0.25) is 5.91 Å². The van der Waals surface area contributed by atoms with E-state index in [-0.39, 0.29) is 17.7 Å². The maximum absolute atomic E-state index is 13.1. The number of carbonyl (C=O) groups excluding carboxylic acids is 1. The lowest BCUT2D eigenvalue weighted by atomic mass is 9.50. The number of aromatic hydroxyl groups is 1. The fraction of sp³-hybridized carbons (Fsp3) is 0.370. The molecular formula is C27H28N2O5. The number of amides is 1. The molecule has 3 heterocycles. The Bertz CT molecular complexity index is 1220. The number of likely N-dealkylation sites (tertiary alicyclic amines) is 1. The summed E-state index contributed by atoms with van der Waals surface area (Å²) in [5, 5.41) is 23.0. The highest BCUT2D eigenvalue weighted by molar-refractivity contribution is 5.92. The van der Waals surface area contributed by atoms with E-state index in [0.29, 0.717) is 25.1 Å². The third kappa shape index (κ3) is 2.62. The second-order valence-electron chi connectivity index (χ2n) is 9.73. The zero-order valence-corrected chi connectivity index (χ0v) is 19.1. The average Bonchev–Trinajstić information content (AvgIpc) is 3.46. The Hall–Kier alpha value is -3.29. The van der Waals surface area contributed by atoms with Crippen molar-refractivity contribution in [2.75, 3.05) is 20.1 Å². The minimum absolute atomic E-state index is 0.0735. The molecule has 2 aromatic rings. The largest absolute Gasteiger partial charge is 0.504 e. The van der Waals surface area contributed by atoms with Gasteiger partial charge in [-0.1, -0.05) is 24.3 Å². The van der Waals surface area contributed by atoms with Crippen molar-refractivity contribution >= 4 is 12.0 Å². The second kappa shape index (κ2) is 7.35. The van der Waals surface area contributed by atoms with E-state index in [9.17, 15) is 15.0 Å². The van der Waals surface area contributed by atoms with Gasteiger partial charge in [-0.15, -0.1) is 6.58 Å². The summed E-state index contributed by atoms with van der Waals surface area (Å²) in [5.74, 6) is 0.336. The molecule has 5 atom stereocenters. The first-order valence-electron chi connectivity index (χ1n) is 11.7. The van der Waals surface area contributed by atoms with Crippen LogP contribution in [0.3, 0.4) is 0 Å². The van der Waals surface area contributed by atoms with E-state index in [0.717, 1.165) is 23.2 Å². The van der Waals surface area contributed by atoms with Crippen LogP contribution in [0.1, 0.15) is 23.1 Å². The summed E-state index contributed by atoms with van der Waals surface area (Å²) in [6, 6.07) is 4.84. The summed E-state index contributed by atoms with van der Waals surface area (Å²) in [7, 11) is 1.75. The molecule has 176 valence electrons. The van der Waals surface area contributed by atoms with Crippen LogP contribution in [-0.2, 0) is 16.6 Å². The van der Waals surface area contributed by atoms with Gasteiger partial charge in [-0.2, -0.15) is 0 Å². The number of furan rings is 1. The topological polar surface area (TPSA) is 86.4 Å². The van der Waals surface area contributed by atoms with E-state index in [4.69, 9.17) is 9.15 Å². The summed E-state index contributed by atoms with van der Waals surface area (Å²) in [4.78, 5) is 17.0. The number of benzene rings is 1. The Morgan fingerprint density at radius 2 is 2.24 bits per heavy atom. The quantitative estimate of drug-likeness (QED) is 0.527. The number of ether oxygens (including phenoxy) is 1. The number of phenols is 1. The van der Waals surface area contributed by atoms with Gasteiger partial charge >= 0.3 is 0 Å². The highest BCUT2D eigenvalue weighted by Gasteiger charge is 2.72. The predicted octanol–water partition coefficient (Wildman–Crippen LogP) is 2.64. The lowest BCUT2D eigenvalue weighted by Gasteiger charge is -2.62. The fourth-order valence-electron chi connectivity index (χ4n) is 6.69. The van der Waals surface area contributed by atoms with Crippen LogP contribution in [0.2, 0.25) is 0 Å². The molecule has 0 radical (unpaired) electrons. The lowest BCUT2D eigenvalue weighted by Crippen LogP contribution is -2.76. The SMILES string of the molecule is C=CCN1CC[C@]23c4c5ccc(O)c4OC2C(N(C)C(=O)/C=C/c2ccoc2)C=C[C@@]3(O)[C@H]1C5. The van der Waals surface area contributed by atoms with Crippen molar-refractivity contribution in [2.24, 2.45) is 0 Å². The molecule has 1 fully saturated rings. The standard InChI is InChI=1S/C27H28N2O5/c1-3-12-29-13-11-26-23-18-5-6-20(30)24(23)34-25(26)19(8-10-27(26,32)21(29)15-18)28(2)22(31)7-4-17-9-14-33-16-17/h3-10,14,16,19,21,25,30,32H,1,11-13,15H2,2H3/b7-4+/t19?,21-,25?,26+,27-/m1/s1. The highest BCUT2D eigenvalue weighted by Crippen LogP contribution is 2.64. The van der Waals surface area contributed by atoms with E-state index in [2.05, 4.69) is 11.5 Å². The van der Waals surface area contributed by atoms with Crippen molar-refractivity contribution < 1.29 is 24.2 Å². The molecule has 6 rings (SSSR count). The number of likely N-dealkylation sites (N-methyl/N-ethyl adjacent to an activating group) is 1. The highest BCUT2D eigenvalue weighted by atomic mass is 16.5. The number of piperidine rings is 1. The van der Waals surface area contributed by atoms with E-state index < -0.39 is 23.2 Å². The Kier molecular flexibility index (Phi) is 4.60. The van der Waals surface area contributed by atoms with Gasteiger partial charge in [0.15, 0.2) is 11.5 Å². The van der Waals surface area contributed by atoms with Crippen LogP contribution in [0.25, 0.3) is 6.08 Å². The van der Waals surface area contributed by atoms with Crippen LogP contribution in [0, 0.1) is 0 Å². The summed E-state index contributed by atoms with van der Waals surface area (Å²) in [6.07, 6.45) is 12.8. The molecule has 1 spiro atoms. The van der Waals surface area contributed by atoms with Crippen molar-refractivity contribution in [1.82, 2.24) is 9.80 Å². The number of carbonyl (C=O) groups is 1. The number of phenolic OH excluding ortho intramolecular Hbond substituents is 1. The van der Waals surface area contributed by atoms with Crippen molar-refractivity contribution in [1.29, 1.82) is 0 Å². The summed E-state index contributed by atoms with van der Waals surface area (Å²) >= 11 is 0. The first-order chi connectivity index (χ1) is 16.4. The van der Waals surface area contributed by atoms with Crippen LogP contribution in [-0.4, -0.2) is 69.8 Å². The van der Waals surface area contributed by atoms with E-state index in [1.54, 1.807) is 42.7 Å². The Balaban J connectivity index is 1.44. The monoisotopic (exact) mass is 460 g/mol. The van der Waals surface area contributed by atoms with E-state index >= 15 is 0 Å². The van der Waals surface area contributed by atoms with Crippen molar-refractivity contribution in [3.05, 3.63) is 78.3 Å². The van der Waals surface area contributed by atoms with Crippen LogP contribution < -0.4 is 4.74 Å². The summed E-state index contributed by atoms with van der Waals surface area (Å²) in [5.41, 5.74) is 0.856. The molecular weight excluding hydrogens is 432 g/mol. The number of rotatable bonds is 5. The zero-order valence-electron chi connectivity index (χ0n) is 19.1. The van der Waals surface area contributed by atoms with Crippen molar-refractivity contribution in [3.63, 3.8) is 0 Å². The molecule has 1 amide bonds.